The van der Waals surface area contributed by atoms with Gasteiger partial charge < -0.3 is 9.52 Å². The monoisotopic (exact) mass is 300 g/mol. The number of carbonyl (C=O) groups is 1. The molecule has 0 bridgehead atoms. The Labute approximate surface area is 126 Å². The zero-order chi connectivity index (χ0) is 14.8. The quantitative estimate of drug-likeness (QED) is 0.772. The Bertz CT molecular complexity index is 777. The van der Waals surface area contributed by atoms with Gasteiger partial charge in [-0.05, 0) is 17.7 Å². The molecule has 4 heteroatoms. The maximum absolute atomic E-state index is 11.5. The van der Waals surface area contributed by atoms with E-state index in [2.05, 4.69) is 0 Å². The summed E-state index contributed by atoms with van der Waals surface area (Å²) >= 11 is 6.08. The van der Waals surface area contributed by atoms with E-state index in [0.29, 0.717) is 22.8 Å². The highest BCUT2D eigenvalue weighted by atomic mass is 35.5. The third-order valence-electron chi connectivity index (χ3n) is 3.45. The van der Waals surface area contributed by atoms with E-state index in [9.17, 15) is 9.90 Å². The van der Waals surface area contributed by atoms with Crippen molar-refractivity contribution >= 4 is 28.5 Å². The van der Waals surface area contributed by atoms with E-state index in [0.717, 1.165) is 10.9 Å². The summed E-state index contributed by atoms with van der Waals surface area (Å²) in [5, 5.41) is 10.9. The number of halogens is 1. The van der Waals surface area contributed by atoms with E-state index in [-0.39, 0.29) is 0 Å². The van der Waals surface area contributed by atoms with Crippen LogP contribution in [0.15, 0.2) is 59.0 Å². The summed E-state index contributed by atoms with van der Waals surface area (Å²) in [6.45, 7) is 0. The number of carboxylic acid groups (broad SMARTS) is 1. The molecule has 0 saturated carbocycles. The second kappa shape index (κ2) is 5.62. The third kappa shape index (κ3) is 2.78. The van der Waals surface area contributed by atoms with Crippen LogP contribution in [0.2, 0.25) is 5.02 Å². The van der Waals surface area contributed by atoms with E-state index in [1.54, 1.807) is 6.07 Å². The summed E-state index contributed by atoms with van der Waals surface area (Å²) in [7, 11) is 0. The Hall–Kier alpha value is -2.26. The second-order valence-electron chi connectivity index (χ2n) is 4.88. The van der Waals surface area contributed by atoms with Gasteiger partial charge in [-0.15, -0.1) is 0 Å². The van der Waals surface area contributed by atoms with Gasteiger partial charge in [-0.1, -0.05) is 54.1 Å². The fourth-order valence-corrected chi connectivity index (χ4v) is 2.64. The van der Waals surface area contributed by atoms with Crippen molar-refractivity contribution in [1.82, 2.24) is 0 Å². The molecule has 106 valence electrons. The molecule has 1 atom stereocenters. The summed E-state index contributed by atoms with van der Waals surface area (Å²) < 4.78 is 5.71. The van der Waals surface area contributed by atoms with Crippen molar-refractivity contribution in [3.05, 3.63) is 70.9 Å². The highest BCUT2D eigenvalue weighted by Crippen LogP contribution is 2.29. The SMILES string of the molecule is O=C(O)C(Cc1cc2cccc(Cl)c2o1)c1ccccc1. The van der Waals surface area contributed by atoms with Crippen LogP contribution in [0.25, 0.3) is 11.0 Å². The van der Waals surface area contributed by atoms with Crippen LogP contribution >= 0.6 is 11.6 Å². The van der Waals surface area contributed by atoms with Crippen LogP contribution < -0.4 is 0 Å². The molecule has 2 aromatic carbocycles. The molecule has 1 aromatic heterocycles. The van der Waals surface area contributed by atoms with Crippen molar-refractivity contribution < 1.29 is 14.3 Å². The first-order valence-corrected chi connectivity index (χ1v) is 6.97. The molecular formula is C17H13ClO3. The van der Waals surface area contributed by atoms with Gasteiger partial charge in [0.15, 0.2) is 5.58 Å². The number of aliphatic carboxylic acids is 1. The van der Waals surface area contributed by atoms with Crippen LogP contribution in [0.1, 0.15) is 17.2 Å². The van der Waals surface area contributed by atoms with Gasteiger partial charge >= 0.3 is 5.97 Å². The smallest absolute Gasteiger partial charge is 0.311 e. The minimum absolute atomic E-state index is 0.296. The lowest BCUT2D eigenvalue weighted by Crippen LogP contribution is -2.14. The average molecular weight is 301 g/mol. The Balaban J connectivity index is 1.95. The van der Waals surface area contributed by atoms with Crippen molar-refractivity contribution in [1.29, 1.82) is 0 Å². The number of para-hydroxylation sites is 1. The fraction of sp³-hybridized carbons (Fsp3) is 0.118. The summed E-state index contributed by atoms with van der Waals surface area (Å²) in [5.41, 5.74) is 1.36. The Morgan fingerprint density at radius 1 is 1.14 bits per heavy atom. The maximum atomic E-state index is 11.5. The Morgan fingerprint density at radius 3 is 2.57 bits per heavy atom. The molecule has 0 saturated heterocycles. The molecule has 0 aliphatic rings. The number of carboxylic acids is 1. The van der Waals surface area contributed by atoms with Gasteiger partial charge in [0.1, 0.15) is 5.76 Å². The molecule has 3 nitrogen and oxygen atoms in total. The molecule has 21 heavy (non-hydrogen) atoms. The molecule has 1 heterocycles. The topological polar surface area (TPSA) is 50.4 Å². The van der Waals surface area contributed by atoms with Gasteiger partial charge in [-0.25, -0.2) is 0 Å². The first kappa shape index (κ1) is 13.7. The highest BCUT2D eigenvalue weighted by Gasteiger charge is 2.22. The van der Waals surface area contributed by atoms with Crippen molar-refractivity contribution in [2.75, 3.05) is 0 Å². The minimum atomic E-state index is -0.868. The molecule has 0 fully saturated rings. The number of furan rings is 1. The highest BCUT2D eigenvalue weighted by molar-refractivity contribution is 6.34. The van der Waals surface area contributed by atoms with E-state index in [1.807, 2.05) is 48.5 Å². The van der Waals surface area contributed by atoms with Crippen LogP contribution in [-0.4, -0.2) is 11.1 Å². The second-order valence-corrected chi connectivity index (χ2v) is 5.28. The van der Waals surface area contributed by atoms with Gasteiger partial charge in [0.25, 0.3) is 0 Å². The van der Waals surface area contributed by atoms with Crippen molar-refractivity contribution in [2.24, 2.45) is 0 Å². The number of benzene rings is 2. The predicted octanol–water partition coefficient (Wildman–Crippen LogP) is 4.50. The third-order valence-corrected chi connectivity index (χ3v) is 3.75. The Kier molecular flexibility index (Phi) is 3.67. The fourth-order valence-electron chi connectivity index (χ4n) is 2.42. The lowest BCUT2D eigenvalue weighted by molar-refractivity contribution is -0.138. The predicted molar refractivity (Wildman–Crippen MR) is 81.7 cm³/mol. The molecule has 0 spiro atoms. The number of rotatable bonds is 4. The lowest BCUT2D eigenvalue weighted by Gasteiger charge is -2.10. The normalized spacial score (nSPS) is 12.4. The van der Waals surface area contributed by atoms with Gasteiger partial charge in [0.2, 0.25) is 0 Å². The lowest BCUT2D eigenvalue weighted by atomic mass is 9.95. The standard InChI is InChI=1S/C17H13ClO3/c18-15-8-4-7-12-9-13(21-16(12)15)10-14(17(19)20)11-5-2-1-3-6-11/h1-9,14H,10H2,(H,19,20). The van der Waals surface area contributed by atoms with E-state index in [1.165, 1.54) is 0 Å². The molecule has 0 aliphatic carbocycles. The number of hydrogen-bond donors (Lipinski definition) is 1. The number of fused-ring (bicyclic) bond motifs is 1. The molecule has 3 rings (SSSR count). The van der Waals surface area contributed by atoms with E-state index >= 15 is 0 Å². The van der Waals surface area contributed by atoms with Gasteiger partial charge in [0, 0.05) is 11.8 Å². The molecule has 0 radical (unpaired) electrons. The summed E-state index contributed by atoms with van der Waals surface area (Å²) in [6.07, 6.45) is 0.296. The summed E-state index contributed by atoms with van der Waals surface area (Å²) in [5.74, 6) is -0.882. The zero-order valence-electron chi connectivity index (χ0n) is 11.1. The molecule has 1 unspecified atom stereocenters. The van der Waals surface area contributed by atoms with Crippen LogP contribution in [0.3, 0.4) is 0 Å². The van der Waals surface area contributed by atoms with Crippen molar-refractivity contribution in [3.63, 3.8) is 0 Å². The zero-order valence-corrected chi connectivity index (χ0v) is 11.9. The van der Waals surface area contributed by atoms with Gasteiger partial charge in [-0.2, -0.15) is 0 Å². The average Bonchev–Trinajstić information content (AvgIpc) is 2.90. The molecule has 3 aromatic rings. The van der Waals surface area contributed by atoms with Crippen molar-refractivity contribution in [2.45, 2.75) is 12.3 Å². The molecule has 0 aliphatic heterocycles. The van der Waals surface area contributed by atoms with Gasteiger partial charge in [0.05, 0.1) is 10.9 Å². The van der Waals surface area contributed by atoms with Crippen LogP contribution in [0.4, 0.5) is 0 Å². The summed E-state index contributed by atoms with van der Waals surface area (Å²) in [6, 6.07) is 16.5. The first-order chi connectivity index (χ1) is 10.1. The van der Waals surface area contributed by atoms with E-state index in [4.69, 9.17) is 16.0 Å². The molecule has 1 N–H and O–H groups in total. The first-order valence-electron chi connectivity index (χ1n) is 6.60. The van der Waals surface area contributed by atoms with Gasteiger partial charge in [-0.3, -0.25) is 4.79 Å². The summed E-state index contributed by atoms with van der Waals surface area (Å²) in [4.78, 5) is 11.5. The number of hydrogen-bond acceptors (Lipinski definition) is 2. The van der Waals surface area contributed by atoms with Crippen LogP contribution in [0, 0.1) is 0 Å². The largest absolute Gasteiger partial charge is 0.481 e. The molecular weight excluding hydrogens is 288 g/mol. The maximum Gasteiger partial charge on any atom is 0.311 e. The minimum Gasteiger partial charge on any atom is -0.481 e. The van der Waals surface area contributed by atoms with Crippen LogP contribution in [0.5, 0.6) is 0 Å². The van der Waals surface area contributed by atoms with Crippen LogP contribution in [-0.2, 0) is 11.2 Å². The van der Waals surface area contributed by atoms with Crippen molar-refractivity contribution in [3.8, 4) is 0 Å². The van der Waals surface area contributed by atoms with E-state index < -0.39 is 11.9 Å². The molecule has 0 amide bonds. The Morgan fingerprint density at radius 2 is 1.90 bits per heavy atom.